The zero-order valence-electron chi connectivity index (χ0n) is 7.86. The summed E-state index contributed by atoms with van der Waals surface area (Å²) in [5.41, 5.74) is 0.831. The van der Waals surface area contributed by atoms with Gasteiger partial charge in [-0.2, -0.15) is 0 Å². The van der Waals surface area contributed by atoms with Crippen LogP contribution in [0.5, 0.6) is 0 Å². The van der Waals surface area contributed by atoms with E-state index >= 15 is 0 Å². The second-order valence-electron chi connectivity index (χ2n) is 2.82. The third-order valence-electron chi connectivity index (χ3n) is 1.85. The minimum Gasteiger partial charge on any atom is -0.469 e. The molecule has 1 rings (SSSR count). The summed E-state index contributed by atoms with van der Waals surface area (Å²) < 4.78 is 7.28. The Kier molecular flexibility index (Phi) is 4.16. The maximum atomic E-state index is 11.0. The van der Waals surface area contributed by atoms with Crippen LogP contribution in [0.15, 0.2) is 16.7 Å². The van der Waals surface area contributed by atoms with E-state index in [0.29, 0.717) is 6.54 Å². The molecular formula is C9H12BrNO3. The number of esters is 1. The molecule has 0 atom stereocenters. The van der Waals surface area contributed by atoms with Crippen molar-refractivity contribution < 1.29 is 14.6 Å². The maximum Gasteiger partial charge on any atom is 0.311 e. The van der Waals surface area contributed by atoms with Gasteiger partial charge in [0.2, 0.25) is 0 Å². The summed E-state index contributed by atoms with van der Waals surface area (Å²) in [7, 11) is 1.36. The van der Waals surface area contributed by atoms with Gasteiger partial charge in [0.15, 0.2) is 0 Å². The number of hydrogen-bond acceptors (Lipinski definition) is 3. The van der Waals surface area contributed by atoms with Gasteiger partial charge >= 0.3 is 5.97 Å². The Balaban J connectivity index is 2.78. The average molecular weight is 262 g/mol. The molecule has 1 heterocycles. The Labute approximate surface area is 90.6 Å². The minimum atomic E-state index is -0.283. The van der Waals surface area contributed by atoms with Crippen LogP contribution in [-0.4, -0.2) is 29.4 Å². The Hall–Kier alpha value is -0.810. The van der Waals surface area contributed by atoms with Crippen molar-refractivity contribution in [1.82, 2.24) is 4.57 Å². The van der Waals surface area contributed by atoms with E-state index in [1.807, 2.05) is 16.8 Å². The van der Waals surface area contributed by atoms with Crippen molar-refractivity contribution in [3.05, 3.63) is 22.4 Å². The number of carbonyl (C=O) groups is 1. The first kappa shape index (κ1) is 11.3. The molecule has 1 N–H and O–H groups in total. The van der Waals surface area contributed by atoms with Gasteiger partial charge in [-0.1, -0.05) is 0 Å². The van der Waals surface area contributed by atoms with Crippen LogP contribution < -0.4 is 0 Å². The van der Waals surface area contributed by atoms with E-state index in [1.165, 1.54) is 7.11 Å². The number of aliphatic hydroxyl groups is 1. The third-order valence-corrected chi connectivity index (χ3v) is 2.28. The van der Waals surface area contributed by atoms with Crippen LogP contribution in [0.4, 0.5) is 0 Å². The quantitative estimate of drug-likeness (QED) is 0.822. The number of rotatable bonds is 4. The van der Waals surface area contributed by atoms with Crippen molar-refractivity contribution in [2.75, 3.05) is 13.7 Å². The molecule has 5 heteroatoms. The highest BCUT2D eigenvalue weighted by Gasteiger charge is 2.09. The van der Waals surface area contributed by atoms with Crippen molar-refractivity contribution >= 4 is 21.9 Å². The molecule has 1 aromatic rings. The molecule has 0 aliphatic heterocycles. The third kappa shape index (κ3) is 2.85. The van der Waals surface area contributed by atoms with E-state index in [9.17, 15) is 4.79 Å². The van der Waals surface area contributed by atoms with Gasteiger partial charge < -0.3 is 14.4 Å². The van der Waals surface area contributed by atoms with E-state index in [4.69, 9.17) is 5.11 Å². The van der Waals surface area contributed by atoms with Gasteiger partial charge in [-0.3, -0.25) is 4.79 Å². The Bertz CT molecular complexity index is 322. The summed E-state index contributed by atoms with van der Waals surface area (Å²) >= 11 is 3.31. The first-order chi connectivity index (χ1) is 6.67. The van der Waals surface area contributed by atoms with Gasteiger partial charge in [-0.15, -0.1) is 0 Å². The van der Waals surface area contributed by atoms with E-state index in [0.717, 1.165) is 10.2 Å². The van der Waals surface area contributed by atoms with Gasteiger partial charge in [-0.25, -0.2) is 0 Å². The predicted octanol–water partition coefficient (Wildman–Crippen LogP) is 0.958. The summed E-state index contributed by atoms with van der Waals surface area (Å²) in [5, 5.41) is 8.79. The van der Waals surface area contributed by atoms with Gasteiger partial charge in [-0.05, 0) is 22.0 Å². The first-order valence-corrected chi connectivity index (χ1v) is 4.99. The van der Waals surface area contributed by atoms with Crippen LogP contribution in [0.1, 0.15) is 5.69 Å². The second-order valence-corrected chi connectivity index (χ2v) is 3.74. The van der Waals surface area contributed by atoms with Gasteiger partial charge in [0.05, 0.1) is 20.1 Å². The van der Waals surface area contributed by atoms with Crippen LogP contribution in [0.3, 0.4) is 0 Å². The first-order valence-electron chi connectivity index (χ1n) is 4.19. The zero-order chi connectivity index (χ0) is 10.6. The van der Waals surface area contributed by atoms with Crippen LogP contribution in [0, 0.1) is 0 Å². The number of ether oxygens (including phenoxy) is 1. The molecule has 0 bridgehead atoms. The number of carbonyl (C=O) groups excluding carboxylic acids is 1. The summed E-state index contributed by atoms with van der Waals surface area (Å²) in [6.07, 6.45) is 2.05. The molecule has 0 unspecified atom stereocenters. The predicted molar refractivity (Wildman–Crippen MR) is 54.9 cm³/mol. The molecule has 4 nitrogen and oxygen atoms in total. The highest BCUT2D eigenvalue weighted by atomic mass is 79.9. The smallest absolute Gasteiger partial charge is 0.311 e. The molecule has 0 saturated heterocycles. The molecule has 0 aliphatic rings. The van der Waals surface area contributed by atoms with Crippen LogP contribution in [-0.2, 0) is 22.5 Å². The molecule has 0 saturated carbocycles. The summed E-state index contributed by atoms with van der Waals surface area (Å²) in [6.45, 7) is 0.535. The molecule has 1 aromatic heterocycles. The SMILES string of the molecule is COC(=O)Cc1cc(Br)cn1CCO. The standard InChI is InChI=1S/C9H12BrNO3/c1-14-9(13)5-8-4-7(10)6-11(8)2-3-12/h4,6,12H,2-3,5H2,1H3. The molecule has 0 fully saturated rings. The lowest BCUT2D eigenvalue weighted by molar-refractivity contribution is -0.139. The molecule has 14 heavy (non-hydrogen) atoms. The van der Waals surface area contributed by atoms with Crippen LogP contribution >= 0.6 is 15.9 Å². The normalized spacial score (nSPS) is 10.2. The second kappa shape index (κ2) is 5.17. The van der Waals surface area contributed by atoms with Crippen molar-refractivity contribution in [2.24, 2.45) is 0 Å². The topological polar surface area (TPSA) is 51.5 Å². The van der Waals surface area contributed by atoms with Crippen molar-refractivity contribution in [1.29, 1.82) is 0 Å². The molecule has 0 aliphatic carbocycles. The van der Waals surface area contributed by atoms with Gasteiger partial charge in [0.1, 0.15) is 0 Å². The maximum absolute atomic E-state index is 11.0. The van der Waals surface area contributed by atoms with E-state index in [-0.39, 0.29) is 19.0 Å². The number of aromatic nitrogens is 1. The molecule has 78 valence electrons. The lowest BCUT2D eigenvalue weighted by atomic mass is 10.3. The highest BCUT2D eigenvalue weighted by Crippen LogP contribution is 2.15. The molecule has 0 aromatic carbocycles. The summed E-state index contributed by atoms with van der Waals surface area (Å²) in [6, 6.07) is 1.84. The highest BCUT2D eigenvalue weighted by molar-refractivity contribution is 9.10. The van der Waals surface area contributed by atoms with Crippen molar-refractivity contribution in [3.8, 4) is 0 Å². The van der Waals surface area contributed by atoms with Crippen molar-refractivity contribution in [3.63, 3.8) is 0 Å². The monoisotopic (exact) mass is 261 g/mol. The fourth-order valence-electron chi connectivity index (χ4n) is 1.20. The number of methoxy groups -OCH3 is 1. The summed E-state index contributed by atoms with van der Waals surface area (Å²) in [4.78, 5) is 11.0. The fourth-order valence-corrected chi connectivity index (χ4v) is 1.71. The van der Waals surface area contributed by atoms with Crippen LogP contribution in [0.25, 0.3) is 0 Å². The molecule has 0 spiro atoms. The molecular weight excluding hydrogens is 250 g/mol. The Morgan fingerprint density at radius 2 is 2.43 bits per heavy atom. The number of hydrogen-bond donors (Lipinski definition) is 1. The van der Waals surface area contributed by atoms with Gasteiger partial charge in [0, 0.05) is 22.9 Å². The lowest BCUT2D eigenvalue weighted by Crippen LogP contribution is -2.11. The fraction of sp³-hybridized carbons (Fsp3) is 0.444. The minimum absolute atomic E-state index is 0.0509. The Morgan fingerprint density at radius 1 is 1.71 bits per heavy atom. The van der Waals surface area contributed by atoms with E-state index in [1.54, 1.807) is 0 Å². The number of nitrogens with zero attached hydrogens (tertiary/aromatic N) is 1. The molecule has 0 radical (unpaired) electrons. The Morgan fingerprint density at radius 3 is 3.00 bits per heavy atom. The summed E-state index contributed by atoms with van der Waals surface area (Å²) in [5.74, 6) is -0.283. The van der Waals surface area contributed by atoms with Gasteiger partial charge in [0.25, 0.3) is 0 Å². The molecule has 0 amide bonds. The lowest BCUT2D eigenvalue weighted by Gasteiger charge is -2.05. The van der Waals surface area contributed by atoms with E-state index < -0.39 is 0 Å². The number of aliphatic hydroxyl groups excluding tert-OH is 1. The average Bonchev–Trinajstić information content (AvgIpc) is 2.47. The van der Waals surface area contributed by atoms with Crippen molar-refractivity contribution in [2.45, 2.75) is 13.0 Å². The zero-order valence-corrected chi connectivity index (χ0v) is 9.45. The van der Waals surface area contributed by atoms with E-state index in [2.05, 4.69) is 20.7 Å². The number of halogens is 1. The largest absolute Gasteiger partial charge is 0.469 e. The van der Waals surface area contributed by atoms with Crippen LogP contribution in [0.2, 0.25) is 0 Å².